The Morgan fingerprint density at radius 3 is 2.46 bits per heavy atom. The van der Waals surface area contributed by atoms with Crippen LogP contribution < -0.4 is 0 Å². The molecule has 1 saturated carbocycles. The Bertz CT molecular complexity index is 630. The Labute approximate surface area is 156 Å². The van der Waals surface area contributed by atoms with Gasteiger partial charge in [-0.15, -0.1) is 0 Å². The van der Waals surface area contributed by atoms with Crippen molar-refractivity contribution in [1.82, 2.24) is 0 Å². The lowest BCUT2D eigenvalue weighted by Gasteiger charge is -2.49. The van der Waals surface area contributed by atoms with Gasteiger partial charge >= 0.3 is 11.9 Å². The molecule has 0 amide bonds. The Hall–Kier alpha value is -1.62. The largest absolute Gasteiger partial charge is 0.481 e. The number of carboxylic acids is 2. The summed E-state index contributed by atoms with van der Waals surface area (Å²) in [6, 6.07) is 0. The van der Waals surface area contributed by atoms with Crippen LogP contribution in [0.3, 0.4) is 0 Å². The quantitative estimate of drug-likeness (QED) is 0.698. The molecule has 0 aromatic heterocycles. The minimum absolute atomic E-state index is 0.0458. The van der Waals surface area contributed by atoms with Crippen molar-refractivity contribution < 1.29 is 24.5 Å². The van der Waals surface area contributed by atoms with Gasteiger partial charge in [-0.05, 0) is 62.4 Å². The molecule has 2 rings (SSSR count). The van der Waals surface area contributed by atoms with Gasteiger partial charge in [0.15, 0.2) is 0 Å². The highest BCUT2D eigenvalue weighted by atomic mass is 16.5. The smallest absolute Gasteiger partial charge is 0.331 e. The van der Waals surface area contributed by atoms with E-state index < -0.39 is 17.4 Å². The Balaban J connectivity index is 2.41. The molecule has 1 fully saturated rings. The summed E-state index contributed by atoms with van der Waals surface area (Å²) in [5.41, 5.74) is -0.246. The standard InChI is InChI=1S/C21H32O5/c1-15-10-16(17(22)23)12-21(11-15,18(24)25)14-20(8-9-26-4)7-5-6-19(2,3)13-20/h10-11H,5-9,12-14H2,1-4H3,(H,22,23)(H,24,25). The Morgan fingerprint density at radius 2 is 1.92 bits per heavy atom. The van der Waals surface area contributed by atoms with Gasteiger partial charge in [-0.2, -0.15) is 0 Å². The second-order valence-electron chi connectivity index (χ2n) is 9.12. The predicted octanol–water partition coefficient (Wildman–Crippen LogP) is 4.43. The van der Waals surface area contributed by atoms with Crippen LogP contribution in [0.1, 0.15) is 65.7 Å². The lowest BCUT2D eigenvalue weighted by molar-refractivity contribution is -0.149. The second-order valence-corrected chi connectivity index (χ2v) is 9.12. The monoisotopic (exact) mass is 364 g/mol. The number of hydrogen-bond acceptors (Lipinski definition) is 3. The fourth-order valence-corrected chi connectivity index (χ4v) is 5.23. The van der Waals surface area contributed by atoms with Crippen LogP contribution in [0, 0.1) is 16.2 Å². The summed E-state index contributed by atoms with van der Waals surface area (Å²) in [5, 5.41) is 19.6. The van der Waals surface area contributed by atoms with E-state index >= 15 is 0 Å². The average molecular weight is 364 g/mol. The van der Waals surface area contributed by atoms with Crippen molar-refractivity contribution in [2.75, 3.05) is 13.7 Å². The molecule has 2 unspecified atom stereocenters. The van der Waals surface area contributed by atoms with Crippen molar-refractivity contribution in [3.05, 3.63) is 23.3 Å². The lowest BCUT2D eigenvalue weighted by Crippen LogP contribution is -2.43. The number of carboxylic acid groups (broad SMARTS) is 2. The fraction of sp³-hybridized carbons (Fsp3) is 0.714. The Morgan fingerprint density at radius 1 is 1.23 bits per heavy atom. The molecular formula is C21H32O5. The van der Waals surface area contributed by atoms with Crippen LogP contribution in [0.15, 0.2) is 23.3 Å². The number of methoxy groups -OCH3 is 1. The van der Waals surface area contributed by atoms with Crippen molar-refractivity contribution in [2.45, 2.75) is 65.7 Å². The number of ether oxygens (including phenoxy) is 1. The van der Waals surface area contributed by atoms with E-state index in [1.54, 1.807) is 26.2 Å². The van der Waals surface area contributed by atoms with Crippen LogP contribution in [-0.4, -0.2) is 35.9 Å². The van der Waals surface area contributed by atoms with E-state index in [1.807, 2.05) is 0 Å². The van der Waals surface area contributed by atoms with Gasteiger partial charge in [-0.3, -0.25) is 4.79 Å². The van der Waals surface area contributed by atoms with Crippen molar-refractivity contribution in [3.63, 3.8) is 0 Å². The number of hydrogen-bond donors (Lipinski definition) is 2. The normalized spacial score (nSPS) is 31.1. The molecule has 26 heavy (non-hydrogen) atoms. The van der Waals surface area contributed by atoms with Gasteiger partial charge in [-0.25, -0.2) is 4.79 Å². The Kier molecular flexibility index (Phi) is 6.01. The summed E-state index contributed by atoms with van der Waals surface area (Å²) in [4.78, 5) is 23.9. The maximum Gasteiger partial charge on any atom is 0.331 e. The van der Waals surface area contributed by atoms with E-state index in [4.69, 9.17) is 4.74 Å². The number of allylic oxidation sites excluding steroid dienone is 2. The average Bonchev–Trinajstić information content (AvgIpc) is 2.51. The van der Waals surface area contributed by atoms with E-state index in [1.165, 1.54) is 0 Å². The minimum Gasteiger partial charge on any atom is -0.481 e. The first-order valence-corrected chi connectivity index (χ1v) is 9.39. The molecule has 0 saturated heterocycles. The summed E-state index contributed by atoms with van der Waals surface area (Å²) in [5.74, 6) is -1.96. The zero-order valence-corrected chi connectivity index (χ0v) is 16.4. The second kappa shape index (κ2) is 7.55. The molecule has 2 aliphatic rings. The topological polar surface area (TPSA) is 83.8 Å². The van der Waals surface area contributed by atoms with E-state index in [0.29, 0.717) is 18.6 Å². The van der Waals surface area contributed by atoms with Crippen molar-refractivity contribution in [1.29, 1.82) is 0 Å². The summed E-state index contributed by atoms with van der Waals surface area (Å²) in [7, 11) is 1.67. The number of carbonyl (C=O) groups is 2. The molecule has 2 N–H and O–H groups in total. The number of aliphatic carboxylic acids is 2. The maximum absolute atomic E-state index is 12.3. The molecule has 5 heteroatoms. The van der Waals surface area contributed by atoms with Crippen molar-refractivity contribution >= 4 is 11.9 Å². The zero-order chi connectivity index (χ0) is 19.6. The molecule has 146 valence electrons. The molecule has 0 spiro atoms. The molecule has 0 radical (unpaired) electrons. The van der Waals surface area contributed by atoms with Gasteiger partial charge in [0.25, 0.3) is 0 Å². The SMILES string of the molecule is COCCC1(CC2(C(=O)O)C=C(C)C=C(C(=O)O)C2)CCCC(C)(C)C1. The van der Waals surface area contributed by atoms with E-state index in [9.17, 15) is 19.8 Å². The maximum atomic E-state index is 12.3. The number of rotatable bonds is 7. The van der Waals surface area contributed by atoms with E-state index in [-0.39, 0.29) is 22.8 Å². The molecule has 0 aromatic carbocycles. The third kappa shape index (κ3) is 4.56. The molecule has 5 nitrogen and oxygen atoms in total. The van der Waals surface area contributed by atoms with Gasteiger partial charge in [0.05, 0.1) is 5.41 Å². The molecule has 0 heterocycles. The van der Waals surface area contributed by atoms with Crippen LogP contribution in [0.2, 0.25) is 0 Å². The van der Waals surface area contributed by atoms with Crippen molar-refractivity contribution in [3.8, 4) is 0 Å². The van der Waals surface area contributed by atoms with Crippen molar-refractivity contribution in [2.24, 2.45) is 16.2 Å². The van der Waals surface area contributed by atoms with Gasteiger partial charge < -0.3 is 14.9 Å². The summed E-state index contributed by atoms with van der Waals surface area (Å²) in [6.45, 7) is 6.86. The van der Waals surface area contributed by atoms with Crippen LogP contribution in [-0.2, 0) is 14.3 Å². The van der Waals surface area contributed by atoms with E-state index in [2.05, 4.69) is 13.8 Å². The molecule has 2 atom stereocenters. The first-order chi connectivity index (χ1) is 12.0. The van der Waals surface area contributed by atoms with Gasteiger partial charge in [0.2, 0.25) is 0 Å². The third-order valence-corrected chi connectivity index (χ3v) is 6.05. The zero-order valence-electron chi connectivity index (χ0n) is 16.4. The van der Waals surface area contributed by atoms with Crippen LogP contribution in [0.25, 0.3) is 0 Å². The van der Waals surface area contributed by atoms with Gasteiger partial charge in [0, 0.05) is 19.3 Å². The highest BCUT2D eigenvalue weighted by Crippen LogP contribution is 2.55. The first-order valence-electron chi connectivity index (χ1n) is 9.39. The fourth-order valence-electron chi connectivity index (χ4n) is 5.23. The van der Waals surface area contributed by atoms with Gasteiger partial charge in [-0.1, -0.05) is 31.9 Å². The first kappa shape index (κ1) is 20.7. The molecule has 0 aliphatic heterocycles. The van der Waals surface area contributed by atoms with Crippen LogP contribution in [0.4, 0.5) is 0 Å². The predicted molar refractivity (Wildman–Crippen MR) is 100.0 cm³/mol. The highest BCUT2D eigenvalue weighted by molar-refractivity contribution is 5.90. The van der Waals surface area contributed by atoms with Crippen LogP contribution in [0.5, 0.6) is 0 Å². The molecule has 0 bridgehead atoms. The third-order valence-electron chi connectivity index (χ3n) is 6.05. The van der Waals surface area contributed by atoms with Crippen LogP contribution >= 0.6 is 0 Å². The molecule has 2 aliphatic carbocycles. The van der Waals surface area contributed by atoms with E-state index in [0.717, 1.165) is 32.1 Å². The molecular weight excluding hydrogens is 332 g/mol. The molecule has 0 aromatic rings. The van der Waals surface area contributed by atoms with Gasteiger partial charge in [0.1, 0.15) is 0 Å². The highest BCUT2D eigenvalue weighted by Gasteiger charge is 2.49. The summed E-state index contributed by atoms with van der Waals surface area (Å²) in [6.07, 6.45) is 8.79. The minimum atomic E-state index is -1.16. The summed E-state index contributed by atoms with van der Waals surface area (Å²) >= 11 is 0. The lowest BCUT2D eigenvalue weighted by atomic mass is 9.55. The summed E-state index contributed by atoms with van der Waals surface area (Å²) < 4.78 is 5.33.